The molecule has 0 atom stereocenters. The molecule has 40 heavy (non-hydrogen) atoms. The molecule has 0 aliphatic heterocycles. The van der Waals surface area contributed by atoms with Gasteiger partial charge in [-0.25, -0.2) is 9.97 Å². The third-order valence-corrected chi connectivity index (χ3v) is 6.15. The second kappa shape index (κ2) is 15.9. The Morgan fingerprint density at radius 2 is 1.48 bits per heavy atom. The highest BCUT2D eigenvalue weighted by molar-refractivity contribution is 9.10. The third-order valence-electron chi connectivity index (χ3n) is 5.66. The molecule has 216 valence electrons. The molecule has 3 rings (SSSR count). The fourth-order valence-electron chi connectivity index (χ4n) is 3.73. The predicted molar refractivity (Wildman–Crippen MR) is 156 cm³/mol. The molecule has 0 saturated carbocycles. The van der Waals surface area contributed by atoms with Crippen LogP contribution in [0.1, 0.15) is 13.8 Å². The summed E-state index contributed by atoms with van der Waals surface area (Å²) in [6.45, 7) is 6.19. The lowest BCUT2D eigenvalue weighted by molar-refractivity contribution is -0.145. The number of anilines is 2. The molecule has 0 unspecified atom stereocenters. The average Bonchev–Trinajstić information content (AvgIpc) is 2.89. The first-order valence-electron chi connectivity index (χ1n) is 13.0. The Bertz CT molecular complexity index is 1280. The van der Waals surface area contributed by atoms with Crippen LogP contribution >= 0.6 is 15.9 Å². The van der Waals surface area contributed by atoms with Crippen molar-refractivity contribution in [1.29, 1.82) is 0 Å². The second-order valence-corrected chi connectivity index (χ2v) is 9.87. The van der Waals surface area contributed by atoms with Gasteiger partial charge in [0.1, 0.15) is 25.4 Å². The van der Waals surface area contributed by atoms with Crippen LogP contribution in [0, 0.1) is 0 Å². The second-order valence-electron chi connectivity index (χ2n) is 8.96. The molecule has 0 aliphatic rings. The van der Waals surface area contributed by atoms with Gasteiger partial charge in [0, 0.05) is 34.7 Å². The minimum absolute atomic E-state index is 0.166. The van der Waals surface area contributed by atoms with Crippen molar-refractivity contribution in [2.24, 2.45) is 0 Å². The topological polar surface area (TPSA) is 115 Å². The maximum absolute atomic E-state index is 11.8. The summed E-state index contributed by atoms with van der Waals surface area (Å²) in [5.74, 6) is 1.07. The van der Waals surface area contributed by atoms with Crippen LogP contribution < -0.4 is 14.8 Å². The quantitative estimate of drug-likeness (QED) is 0.236. The number of aromatic nitrogens is 2. The van der Waals surface area contributed by atoms with E-state index in [2.05, 4.69) is 31.2 Å². The molecule has 11 nitrogen and oxygen atoms in total. The molecule has 0 radical (unpaired) electrons. The fourth-order valence-corrected chi connectivity index (χ4v) is 4.13. The van der Waals surface area contributed by atoms with E-state index in [1.807, 2.05) is 60.3 Å². The molecule has 2 aromatic carbocycles. The first-order chi connectivity index (χ1) is 19.3. The van der Waals surface area contributed by atoms with Crippen LogP contribution in [-0.2, 0) is 19.1 Å². The summed E-state index contributed by atoms with van der Waals surface area (Å²) in [5.41, 5.74) is 1.54. The molecular weight excluding hydrogens is 582 g/mol. The van der Waals surface area contributed by atoms with Gasteiger partial charge < -0.3 is 24.3 Å². The van der Waals surface area contributed by atoms with Gasteiger partial charge in [-0.2, -0.15) is 0 Å². The molecule has 1 aromatic heterocycles. The van der Waals surface area contributed by atoms with Gasteiger partial charge in [0.05, 0.1) is 31.8 Å². The van der Waals surface area contributed by atoms with Crippen LogP contribution in [0.15, 0.2) is 47.2 Å². The highest BCUT2D eigenvalue weighted by atomic mass is 79.9. The predicted octanol–water partition coefficient (Wildman–Crippen LogP) is 3.88. The summed E-state index contributed by atoms with van der Waals surface area (Å²) >= 11 is 3.49. The molecule has 0 saturated heterocycles. The first kappa shape index (κ1) is 31.1. The number of benzene rings is 2. The van der Waals surface area contributed by atoms with Crippen molar-refractivity contribution in [1.82, 2.24) is 19.8 Å². The van der Waals surface area contributed by atoms with Crippen molar-refractivity contribution in [3.8, 4) is 11.5 Å². The number of nitrogens with zero attached hydrogens (tertiary/aromatic N) is 4. The molecular formula is C28H36BrN5O6. The average molecular weight is 619 g/mol. The lowest BCUT2D eigenvalue weighted by atomic mass is 10.2. The van der Waals surface area contributed by atoms with Crippen molar-refractivity contribution in [3.63, 3.8) is 0 Å². The lowest BCUT2D eigenvalue weighted by Crippen LogP contribution is -2.31. The molecule has 0 bridgehead atoms. The number of carbonyl (C=O) groups excluding carboxylic acids is 2. The molecule has 0 amide bonds. The minimum atomic E-state index is -0.285. The number of rotatable bonds is 16. The molecule has 0 aliphatic carbocycles. The van der Waals surface area contributed by atoms with Gasteiger partial charge in [-0.3, -0.25) is 19.4 Å². The summed E-state index contributed by atoms with van der Waals surface area (Å²) in [4.78, 5) is 36.1. The largest absolute Gasteiger partial charge is 0.488 e. The Morgan fingerprint density at radius 1 is 0.875 bits per heavy atom. The number of nitrogens with one attached hydrogen (secondary N) is 1. The summed E-state index contributed by atoms with van der Waals surface area (Å²) in [6.07, 6.45) is 1.49. The normalized spacial score (nSPS) is 11.1. The first-order valence-corrected chi connectivity index (χ1v) is 13.8. The van der Waals surface area contributed by atoms with Gasteiger partial charge in [0.15, 0.2) is 11.5 Å². The van der Waals surface area contributed by atoms with Gasteiger partial charge in [-0.05, 0) is 52.2 Å². The van der Waals surface area contributed by atoms with E-state index in [1.165, 1.54) is 6.33 Å². The van der Waals surface area contributed by atoms with Crippen LogP contribution in [0.5, 0.6) is 11.5 Å². The van der Waals surface area contributed by atoms with Crippen molar-refractivity contribution in [2.45, 2.75) is 13.8 Å². The van der Waals surface area contributed by atoms with Gasteiger partial charge in [-0.15, -0.1) is 0 Å². The van der Waals surface area contributed by atoms with Gasteiger partial charge in [-0.1, -0.05) is 22.0 Å². The zero-order valence-corrected chi connectivity index (χ0v) is 24.9. The number of esters is 2. The van der Waals surface area contributed by atoms with Crippen LogP contribution in [0.4, 0.5) is 11.5 Å². The highest BCUT2D eigenvalue weighted by Gasteiger charge is 2.15. The van der Waals surface area contributed by atoms with E-state index in [-0.39, 0.29) is 25.0 Å². The molecule has 1 heterocycles. The van der Waals surface area contributed by atoms with E-state index < -0.39 is 0 Å². The monoisotopic (exact) mass is 617 g/mol. The van der Waals surface area contributed by atoms with Crippen molar-refractivity contribution in [2.75, 3.05) is 72.0 Å². The third kappa shape index (κ3) is 9.92. The Morgan fingerprint density at radius 3 is 2.05 bits per heavy atom. The molecule has 3 aromatic rings. The van der Waals surface area contributed by atoms with E-state index >= 15 is 0 Å². The standard InChI is InChI=1S/C28H36BrN5O6/c1-5-37-26(35)17-33(3)10-12-39-24-15-22-23(16-25(24)40-13-11-34(4)18-27(36)38-6-2)30-19-31-28(22)32-21-9-7-8-20(29)14-21/h7-9,14-16,19H,5-6,10-13,17-18H2,1-4H3,(H,30,31,32). The van der Waals surface area contributed by atoms with Crippen molar-refractivity contribution in [3.05, 3.63) is 47.2 Å². The number of hydrogen-bond donors (Lipinski definition) is 1. The fraction of sp³-hybridized carbons (Fsp3) is 0.429. The minimum Gasteiger partial charge on any atom is -0.488 e. The molecule has 12 heteroatoms. The van der Waals surface area contributed by atoms with Crippen LogP contribution in [-0.4, -0.2) is 98.4 Å². The summed E-state index contributed by atoms with van der Waals surface area (Å²) in [7, 11) is 3.65. The number of halogens is 1. The molecule has 1 N–H and O–H groups in total. The SMILES string of the molecule is CCOC(=O)CN(C)CCOc1cc2ncnc(Nc3cccc(Br)c3)c2cc1OCCN(C)CC(=O)OCC. The zero-order chi connectivity index (χ0) is 28.9. The number of fused-ring (bicyclic) bond motifs is 1. The number of hydrogen-bond acceptors (Lipinski definition) is 11. The van der Waals surface area contributed by atoms with Crippen LogP contribution in [0.2, 0.25) is 0 Å². The van der Waals surface area contributed by atoms with Crippen LogP contribution in [0.3, 0.4) is 0 Å². The number of likely N-dealkylation sites (N-methyl/N-ethyl adjacent to an activating group) is 2. The summed E-state index contributed by atoms with van der Waals surface area (Å²) in [5, 5.41) is 4.10. The van der Waals surface area contributed by atoms with E-state index in [1.54, 1.807) is 13.8 Å². The highest BCUT2D eigenvalue weighted by Crippen LogP contribution is 2.35. The Kier molecular flexibility index (Phi) is 12.4. The Balaban J connectivity index is 1.78. The number of carbonyl (C=O) groups is 2. The van der Waals surface area contributed by atoms with Gasteiger partial charge >= 0.3 is 11.9 Å². The van der Waals surface area contributed by atoms with E-state index in [0.717, 1.165) is 15.5 Å². The van der Waals surface area contributed by atoms with E-state index in [0.29, 0.717) is 62.4 Å². The summed E-state index contributed by atoms with van der Waals surface area (Å²) < 4.78 is 23.2. The molecule has 0 spiro atoms. The van der Waals surface area contributed by atoms with Crippen molar-refractivity contribution < 1.29 is 28.5 Å². The lowest BCUT2D eigenvalue weighted by Gasteiger charge is -2.19. The smallest absolute Gasteiger partial charge is 0.320 e. The van der Waals surface area contributed by atoms with Crippen molar-refractivity contribution >= 4 is 50.3 Å². The zero-order valence-electron chi connectivity index (χ0n) is 23.3. The van der Waals surface area contributed by atoms with Gasteiger partial charge in [0.2, 0.25) is 0 Å². The maximum Gasteiger partial charge on any atom is 0.320 e. The van der Waals surface area contributed by atoms with Gasteiger partial charge in [0.25, 0.3) is 0 Å². The van der Waals surface area contributed by atoms with E-state index in [9.17, 15) is 9.59 Å². The maximum atomic E-state index is 11.8. The van der Waals surface area contributed by atoms with E-state index in [4.69, 9.17) is 18.9 Å². The molecule has 0 fully saturated rings. The number of ether oxygens (including phenoxy) is 4. The Labute approximate surface area is 242 Å². The Hall–Kier alpha value is -3.48. The van der Waals surface area contributed by atoms with Crippen LogP contribution in [0.25, 0.3) is 10.9 Å². The summed E-state index contributed by atoms with van der Waals surface area (Å²) in [6, 6.07) is 11.4.